The van der Waals surface area contributed by atoms with Gasteiger partial charge in [-0.3, -0.25) is 4.79 Å². The fraction of sp³-hybridized carbons (Fsp3) is 0.941. The van der Waals surface area contributed by atoms with Gasteiger partial charge in [-0.1, -0.05) is 48.0 Å². The van der Waals surface area contributed by atoms with E-state index in [-0.39, 0.29) is 23.5 Å². The topological polar surface area (TPSA) is 52.3 Å². The molecule has 0 aromatic rings. The third kappa shape index (κ3) is 5.08. The largest absolute Gasteiger partial charge is 0.462 e. The number of ether oxygens (including phenoxy) is 1. The van der Waals surface area contributed by atoms with Crippen LogP contribution in [-0.2, 0) is 9.53 Å². The molecule has 0 saturated heterocycles. The van der Waals surface area contributed by atoms with Crippen molar-refractivity contribution in [2.24, 2.45) is 28.9 Å². The highest BCUT2D eigenvalue weighted by Crippen LogP contribution is 2.35. The lowest BCUT2D eigenvalue weighted by atomic mass is 9.75. The van der Waals surface area contributed by atoms with Gasteiger partial charge >= 0.3 is 5.97 Å². The maximum Gasteiger partial charge on any atom is 0.307 e. The summed E-state index contributed by atoms with van der Waals surface area (Å²) >= 11 is 0. The maximum atomic E-state index is 12.1. The van der Waals surface area contributed by atoms with Crippen LogP contribution in [0.2, 0.25) is 0 Å². The highest BCUT2D eigenvalue weighted by atomic mass is 16.5. The third-order valence-electron chi connectivity index (χ3n) is 4.74. The second kappa shape index (κ2) is 6.93. The van der Waals surface area contributed by atoms with Gasteiger partial charge in [0.25, 0.3) is 0 Å². The van der Waals surface area contributed by atoms with E-state index in [1.807, 2.05) is 0 Å². The summed E-state index contributed by atoms with van der Waals surface area (Å²) in [5.74, 6) is 1.59. The Labute approximate surface area is 124 Å². The SMILES string of the molecule is CC1CCC(C(C)C)C(OC(=O)CC(N)C(C)(C)C)C1. The molecule has 1 rings (SSSR count). The minimum atomic E-state index is -0.145. The zero-order chi connectivity index (χ0) is 15.5. The molecule has 0 aromatic heterocycles. The van der Waals surface area contributed by atoms with Crippen molar-refractivity contribution < 1.29 is 9.53 Å². The molecule has 4 unspecified atom stereocenters. The summed E-state index contributed by atoms with van der Waals surface area (Å²) in [4.78, 5) is 12.1. The van der Waals surface area contributed by atoms with Gasteiger partial charge in [0.1, 0.15) is 6.10 Å². The van der Waals surface area contributed by atoms with Gasteiger partial charge in [0.15, 0.2) is 0 Å². The molecule has 1 fully saturated rings. The molecule has 3 nitrogen and oxygen atoms in total. The summed E-state index contributed by atoms with van der Waals surface area (Å²) in [7, 11) is 0. The molecule has 0 radical (unpaired) electrons. The quantitative estimate of drug-likeness (QED) is 0.799. The number of hydrogen-bond donors (Lipinski definition) is 1. The van der Waals surface area contributed by atoms with Gasteiger partial charge in [-0.05, 0) is 36.0 Å². The highest BCUT2D eigenvalue weighted by Gasteiger charge is 2.34. The summed E-state index contributed by atoms with van der Waals surface area (Å²) in [5, 5.41) is 0. The molecule has 4 atom stereocenters. The molecule has 0 amide bonds. The Hall–Kier alpha value is -0.570. The summed E-state index contributed by atoms with van der Waals surface area (Å²) in [6.45, 7) is 12.9. The average molecular weight is 283 g/mol. The Kier molecular flexibility index (Phi) is 6.06. The van der Waals surface area contributed by atoms with Crippen LogP contribution in [-0.4, -0.2) is 18.1 Å². The standard InChI is InChI=1S/C17H33NO2/c1-11(2)13-8-7-12(3)9-14(13)20-16(19)10-15(18)17(4,5)6/h11-15H,7-10,18H2,1-6H3. The van der Waals surface area contributed by atoms with E-state index in [0.717, 1.165) is 6.42 Å². The Balaban J connectivity index is 2.57. The van der Waals surface area contributed by atoms with Gasteiger partial charge in [0.05, 0.1) is 6.42 Å². The predicted molar refractivity (Wildman–Crippen MR) is 83.3 cm³/mol. The van der Waals surface area contributed by atoms with Crippen LogP contribution in [0, 0.1) is 23.2 Å². The van der Waals surface area contributed by atoms with Gasteiger partial charge in [-0.25, -0.2) is 0 Å². The molecule has 3 heteroatoms. The summed E-state index contributed by atoms with van der Waals surface area (Å²) in [6, 6.07) is -0.145. The van der Waals surface area contributed by atoms with E-state index in [2.05, 4.69) is 41.5 Å². The highest BCUT2D eigenvalue weighted by molar-refractivity contribution is 5.70. The van der Waals surface area contributed by atoms with E-state index in [1.165, 1.54) is 12.8 Å². The molecule has 0 aliphatic heterocycles. The third-order valence-corrected chi connectivity index (χ3v) is 4.74. The Morgan fingerprint density at radius 3 is 2.40 bits per heavy atom. The zero-order valence-corrected chi connectivity index (χ0v) is 14.1. The first-order chi connectivity index (χ1) is 9.11. The van der Waals surface area contributed by atoms with Crippen molar-refractivity contribution >= 4 is 5.97 Å². The van der Waals surface area contributed by atoms with Crippen LogP contribution in [0.4, 0.5) is 0 Å². The van der Waals surface area contributed by atoms with Gasteiger partial charge < -0.3 is 10.5 Å². The lowest BCUT2D eigenvalue weighted by Crippen LogP contribution is -2.40. The van der Waals surface area contributed by atoms with E-state index < -0.39 is 0 Å². The summed E-state index contributed by atoms with van der Waals surface area (Å²) < 4.78 is 5.78. The van der Waals surface area contributed by atoms with Crippen LogP contribution in [0.15, 0.2) is 0 Å². The van der Waals surface area contributed by atoms with E-state index in [0.29, 0.717) is 24.2 Å². The number of carbonyl (C=O) groups is 1. The smallest absolute Gasteiger partial charge is 0.307 e. The molecule has 1 aliphatic rings. The molecule has 0 aromatic carbocycles. The molecule has 1 saturated carbocycles. The van der Waals surface area contributed by atoms with Crippen molar-refractivity contribution in [3.05, 3.63) is 0 Å². The predicted octanol–water partition coefficient (Wildman–Crippen LogP) is 3.75. The fourth-order valence-electron chi connectivity index (χ4n) is 2.95. The Morgan fingerprint density at radius 2 is 1.90 bits per heavy atom. The molecule has 118 valence electrons. The van der Waals surface area contributed by atoms with Gasteiger partial charge in [0.2, 0.25) is 0 Å². The van der Waals surface area contributed by atoms with Crippen LogP contribution in [0.3, 0.4) is 0 Å². The molecule has 0 heterocycles. The van der Waals surface area contributed by atoms with Crippen LogP contribution in [0.25, 0.3) is 0 Å². The minimum absolute atomic E-state index is 0.0592. The van der Waals surface area contributed by atoms with Crippen molar-refractivity contribution in [2.45, 2.75) is 79.4 Å². The number of esters is 1. The summed E-state index contributed by atoms with van der Waals surface area (Å²) in [6.07, 6.45) is 3.82. The van der Waals surface area contributed by atoms with Crippen LogP contribution in [0.5, 0.6) is 0 Å². The van der Waals surface area contributed by atoms with Crippen molar-refractivity contribution in [2.75, 3.05) is 0 Å². The van der Waals surface area contributed by atoms with Crippen LogP contribution < -0.4 is 5.73 Å². The first-order valence-corrected chi connectivity index (χ1v) is 8.06. The van der Waals surface area contributed by atoms with Crippen molar-refractivity contribution in [3.63, 3.8) is 0 Å². The lowest BCUT2D eigenvalue weighted by molar-refractivity contribution is -0.156. The monoisotopic (exact) mass is 283 g/mol. The van der Waals surface area contributed by atoms with E-state index >= 15 is 0 Å². The first kappa shape index (κ1) is 17.5. The lowest BCUT2D eigenvalue weighted by Gasteiger charge is -2.37. The maximum absolute atomic E-state index is 12.1. The molecule has 0 bridgehead atoms. The van der Waals surface area contributed by atoms with Crippen LogP contribution in [0.1, 0.15) is 67.2 Å². The molecule has 1 aliphatic carbocycles. The van der Waals surface area contributed by atoms with Crippen molar-refractivity contribution in [3.8, 4) is 0 Å². The Morgan fingerprint density at radius 1 is 1.30 bits per heavy atom. The van der Waals surface area contributed by atoms with Gasteiger partial charge in [0, 0.05) is 6.04 Å². The molecular formula is C17H33NO2. The number of hydrogen-bond acceptors (Lipinski definition) is 3. The average Bonchev–Trinajstić information content (AvgIpc) is 2.26. The zero-order valence-electron chi connectivity index (χ0n) is 14.1. The fourth-order valence-corrected chi connectivity index (χ4v) is 2.95. The molecule has 20 heavy (non-hydrogen) atoms. The Bertz CT molecular complexity index is 319. The molecule has 0 spiro atoms. The number of nitrogens with two attached hydrogens (primary N) is 1. The van der Waals surface area contributed by atoms with Gasteiger partial charge in [-0.15, -0.1) is 0 Å². The van der Waals surface area contributed by atoms with Crippen molar-refractivity contribution in [1.82, 2.24) is 0 Å². The summed E-state index contributed by atoms with van der Waals surface area (Å²) in [5.41, 5.74) is 6.02. The minimum Gasteiger partial charge on any atom is -0.462 e. The van der Waals surface area contributed by atoms with E-state index in [1.54, 1.807) is 0 Å². The first-order valence-electron chi connectivity index (χ1n) is 8.06. The number of rotatable bonds is 4. The van der Waals surface area contributed by atoms with E-state index in [9.17, 15) is 4.79 Å². The van der Waals surface area contributed by atoms with Gasteiger partial charge in [-0.2, -0.15) is 0 Å². The van der Waals surface area contributed by atoms with E-state index in [4.69, 9.17) is 10.5 Å². The second-order valence-electron chi connectivity index (χ2n) is 8.03. The second-order valence-corrected chi connectivity index (χ2v) is 8.03. The normalized spacial score (nSPS) is 29.3. The molecular weight excluding hydrogens is 250 g/mol. The van der Waals surface area contributed by atoms with Crippen molar-refractivity contribution in [1.29, 1.82) is 0 Å². The molecule has 2 N–H and O–H groups in total. The number of carbonyl (C=O) groups excluding carboxylic acids is 1. The van der Waals surface area contributed by atoms with Crippen LogP contribution >= 0.6 is 0 Å².